The second-order valence-electron chi connectivity index (χ2n) is 4.68. The van der Waals surface area contributed by atoms with Crippen LogP contribution < -0.4 is 5.32 Å². The molecule has 15 heavy (non-hydrogen) atoms. The molecule has 0 radical (unpaired) electrons. The fraction of sp³-hybridized carbons (Fsp3) is 0.909. The molecule has 0 spiro atoms. The summed E-state index contributed by atoms with van der Waals surface area (Å²) in [6, 6.07) is 0.120. The van der Waals surface area contributed by atoms with E-state index in [2.05, 4.69) is 5.32 Å². The van der Waals surface area contributed by atoms with Crippen molar-refractivity contribution in [2.24, 2.45) is 0 Å². The second kappa shape index (κ2) is 6.67. The third-order valence-electron chi connectivity index (χ3n) is 1.75. The first kappa shape index (κ1) is 14.2. The molecule has 0 aromatic rings. The summed E-state index contributed by atoms with van der Waals surface area (Å²) in [7, 11) is 1.67. The van der Waals surface area contributed by atoms with E-state index in [9.17, 15) is 4.79 Å². The molecule has 1 amide bonds. The normalized spacial score (nSPS) is 13.4. The molecule has 0 rings (SSSR count). The van der Waals surface area contributed by atoms with Crippen molar-refractivity contribution < 1.29 is 14.3 Å². The average molecular weight is 217 g/mol. The molecule has 4 nitrogen and oxygen atoms in total. The van der Waals surface area contributed by atoms with Crippen molar-refractivity contribution in [2.75, 3.05) is 13.7 Å². The fourth-order valence-electron chi connectivity index (χ4n) is 1.11. The van der Waals surface area contributed by atoms with E-state index in [1.54, 1.807) is 7.11 Å². The lowest BCUT2D eigenvalue weighted by Crippen LogP contribution is -2.37. The molecule has 1 atom stereocenters. The highest BCUT2D eigenvalue weighted by Gasteiger charge is 2.17. The molecule has 0 saturated heterocycles. The van der Waals surface area contributed by atoms with Gasteiger partial charge in [-0.2, -0.15) is 0 Å². The number of rotatable bonds is 5. The standard InChI is InChI=1S/C11H23NO3/c1-9(7-6-8-14-5)12-10(13)15-11(2,3)4/h9H,6-8H2,1-5H3,(H,12,13). The van der Waals surface area contributed by atoms with Crippen LogP contribution in [0.4, 0.5) is 4.79 Å². The van der Waals surface area contributed by atoms with Crippen LogP contribution in [0.1, 0.15) is 40.5 Å². The second-order valence-corrected chi connectivity index (χ2v) is 4.68. The van der Waals surface area contributed by atoms with Crippen LogP contribution in [0.25, 0.3) is 0 Å². The Hall–Kier alpha value is -0.770. The van der Waals surface area contributed by atoms with E-state index in [0.29, 0.717) is 0 Å². The lowest BCUT2D eigenvalue weighted by molar-refractivity contribution is 0.0503. The van der Waals surface area contributed by atoms with Crippen LogP contribution in [-0.2, 0) is 9.47 Å². The zero-order chi connectivity index (χ0) is 11.9. The van der Waals surface area contributed by atoms with Gasteiger partial charge in [-0.1, -0.05) is 0 Å². The Morgan fingerprint density at radius 2 is 2.00 bits per heavy atom. The highest BCUT2D eigenvalue weighted by Crippen LogP contribution is 2.07. The smallest absolute Gasteiger partial charge is 0.407 e. The average Bonchev–Trinajstić information content (AvgIpc) is 2.00. The minimum absolute atomic E-state index is 0.120. The van der Waals surface area contributed by atoms with Gasteiger partial charge in [-0.3, -0.25) is 0 Å². The molecule has 0 aliphatic rings. The van der Waals surface area contributed by atoms with Gasteiger partial charge in [-0.15, -0.1) is 0 Å². The summed E-state index contributed by atoms with van der Waals surface area (Å²) in [6.07, 6.45) is 1.48. The topological polar surface area (TPSA) is 47.6 Å². The quantitative estimate of drug-likeness (QED) is 0.719. The van der Waals surface area contributed by atoms with E-state index in [4.69, 9.17) is 9.47 Å². The van der Waals surface area contributed by atoms with Gasteiger partial charge in [0.1, 0.15) is 5.60 Å². The third-order valence-corrected chi connectivity index (χ3v) is 1.75. The number of hydrogen-bond donors (Lipinski definition) is 1. The molecule has 0 aromatic heterocycles. The maximum atomic E-state index is 11.3. The number of alkyl carbamates (subject to hydrolysis) is 1. The summed E-state index contributed by atoms with van der Waals surface area (Å²) < 4.78 is 10.1. The van der Waals surface area contributed by atoms with Crippen molar-refractivity contribution in [3.05, 3.63) is 0 Å². The minimum Gasteiger partial charge on any atom is -0.444 e. The first-order valence-electron chi connectivity index (χ1n) is 5.33. The maximum Gasteiger partial charge on any atom is 0.407 e. The maximum absolute atomic E-state index is 11.3. The van der Waals surface area contributed by atoms with Gasteiger partial charge in [-0.25, -0.2) is 4.79 Å². The molecule has 90 valence electrons. The number of nitrogens with one attached hydrogen (secondary N) is 1. The number of methoxy groups -OCH3 is 1. The molecule has 0 saturated carbocycles. The third kappa shape index (κ3) is 9.53. The van der Waals surface area contributed by atoms with Crippen molar-refractivity contribution >= 4 is 6.09 Å². The van der Waals surface area contributed by atoms with Crippen molar-refractivity contribution in [2.45, 2.75) is 52.2 Å². The molecular weight excluding hydrogens is 194 g/mol. The van der Waals surface area contributed by atoms with Crippen LogP contribution in [0.15, 0.2) is 0 Å². The van der Waals surface area contributed by atoms with E-state index < -0.39 is 5.60 Å². The molecule has 0 heterocycles. The largest absolute Gasteiger partial charge is 0.444 e. The molecule has 0 aliphatic heterocycles. The predicted molar refractivity (Wildman–Crippen MR) is 59.9 cm³/mol. The van der Waals surface area contributed by atoms with Crippen LogP contribution >= 0.6 is 0 Å². The van der Waals surface area contributed by atoms with E-state index in [-0.39, 0.29) is 12.1 Å². The molecule has 1 N–H and O–H groups in total. The number of ether oxygens (including phenoxy) is 2. The molecular formula is C11H23NO3. The van der Waals surface area contributed by atoms with Crippen molar-refractivity contribution in [3.8, 4) is 0 Å². The Morgan fingerprint density at radius 3 is 2.47 bits per heavy atom. The molecule has 1 unspecified atom stereocenters. The summed E-state index contributed by atoms with van der Waals surface area (Å²) in [4.78, 5) is 11.3. The van der Waals surface area contributed by atoms with Crippen LogP contribution in [-0.4, -0.2) is 31.5 Å². The van der Waals surface area contributed by atoms with Gasteiger partial charge in [0.05, 0.1) is 0 Å². The zero-order valence-corrected chi connectivity index (χ0v) is 10.4. The first-order chi connectivity index (χ1) is 6.85. The minimum atomic E-state index is -0.434. The highest BCUT2D eigenvalue weighted by molar-refractivity contribution is 5.67. The SMILES string of the molecule is COCCCC(C)NC(=O)OC(C)(C)C. The van der Waals surface area contributed by atoms with Crippen molar-refractivity contribution in [3.63, 3.8) is 0 Å². The summed E-state index contributed by atoms with van der Waals surface area (Å²) in [5.74, 6) is 0. The van der Waals surface area contributed by atoms with E-state index in [0.717, 1.165) is 19.4 Å². The van der Waals surface area contributed by atoms with Crippen molar-refractivity contribution in [1.29, 1.82) is 0 Å². The van der Waals surface area contributed by atoms with Gasteiger partial charge < -0.3 is 14.8 Å². The molecule has 0 aliphatic carbocycles. The van der Waals surface area contributed by atoms with Gasteiger partial charge >= 0.3 is 6.09 Å². The van der Waals surface area contributed by atoms with Gasteiger partial charge in [0.15, 0.2) is 0 Å². The molecule has 4 heteroatoms. The fourth-order valence-corrected chi connectivity index (χ4v) is 1.11. The van der Waals surface area contributed by atoms with Crippen LogP contribution in [0.3, 0.4) is 0 Å². The summed E-state index contributed by atoms with van der Waals surface area (Å²) in [5, 5.41) is 2.78. The van der Waals surface area contributed by atoms with Gasteiger partial charge in [0.25, 0.3) is 0 Å². The first-order valence-corrected chi connectivity index (χ1v) is 5.33. The van der Waals surface area contributed by atoms with Crippen LogP contribution in [0, 0.1) is 0 Å². The molecule has 0 bridgehead atoms. The van der Waals surface area contributed by atoms with Crippen LogP contribution in [0.5, 0.6) is 0 Å². The van der Waals surface area contributed by atoms with Gasteiger partial charge in [0.2, 0.25) is 0 Å². The number of amides is 1. The summed E-state index contributed by atoms with van der Waals surface area (Å²) in [5.41, 5.74) is -0.434. The monoisotopic (exact) mass is 217 g/mol. The number of carbonyl (C=O) groups is 1. The Labute approximate surface area is 92.3 Å². The van der Waals surface area contributed by atoms with Gasteiger partial charge in [-0.05, 0) is 40.5 Å². The van der Waals surface area contributed by atoms with E-state index in [1.807, 2.05) is 27.7 Å². The number of carbonyl (C=O) groups excluding carboxylic acids is 1. The Bertz CT molecular complexity index is 187. The number of hydrogen-bond acceptors (Lipinski definition) is 3. The van der Waals surface area contributed by atoms with Gasteiger partial charge in [0, 0.05) is 19.8 Å². The molecule has 0 fully saturated rings. The molecule has 0 aromatic carbocycles. The predicted octanol–water partition coefficient (Wildman–Crippen LogP) is 2.33. The van der Waals surface area contributed by atoms with Crippen molar-refractivity contribution in [1.82, 2.24) is 5.32 Å². The van der Waals surface area contributed by atoms with Crippen LogP contribution in [0.2, 0.25) is 0 Å². The Balaban J connectivity index is 3.67. The van der Waals surface area contributed by atoms with E-state index >= 15 is 0 Å². The summed E-state index contributed by atoms with van der Waals surface area (Å²) >= 11 is 0. The summed E-state index contributed by atoms with van der Waals surface area (Å²) in [6.45, 7) is 8.23. The Kier molecular flexibility index (Phi) is 6.32. The Morgan fingerprint density at radius 1 is 1.40 bits per heavy atom. The zero-order valence-electron chi connectivity index (χ0n) is 10.4. The lowest BCUT2D eigenvalue weighted by atomic mass is 10.2. The van der Waals surface area contributed by atoms with E-state index in [1.165, 1.54) is 0 Å². The lowest BCUT2D eigenvalue weighted by Gasteiger charge is -2.21. The highest BCUT2D eigenvalue weighted by atomic mass is 16.6.